The molecule has 158 valence electrons. The Morgan fingerprint density at radius 2 is 1.68 bits per heavy atom. The molecule has 2 aromatic carbocycles. The van der Waals surface area contributed by atoms with Crippen LogP contribution in [0.4, 0.5) is 0 Å². The summed E-state index contributed by atoms with van der Waals surface area (Å²) in [5.41, 5.74) is 1.71. The van der Waals surface area contributed by atoms with Crippen molar-refractivity contribution in [3.8, 4) is 10.4 Å². The van der Waals surface area contributed by atoms with E-state index in [2.05, 4.69) is 10.6 Å². The van der Waals surface area contributed by atoms with Crippen LogP contribution < -0.4 is 10.6 Å². The van der Waals surface area contributed by atoms with Gasteiger partial charge in [0.05, 0.1) is 0 Å². The molecule has 3 aromatic rings. The molecule has 7 heteroatoms. The first-order valence-electron chi connectivity index (χ1n) is 10.0. The van der Waals surface area contributed by atoms with Crippen molar-refractivity contribution < 1.29 is 9.59 Å². The summed E-state index contributed by atoms with van der Waals surface area (Å²) < 4.78 is 0. The fourth-order valence-electron chi connectivity index (χ4n) is 3.35. The van der Waals surface area contributed by atoms with Crippen LogP contribution in [0.25, 0.3) is 16.5 Å². The van der Waals surface area contributed by atoms with Crippen LogP contribution in [0.5, 0.6) is 0 Å². The standard InChI is InChI=1S/C24H22ClN3O2S/c25-20-9-5-4-8-19(20)22-11-10-18(31-22)16-21(24(30)28-14-12-26-13-15-28)27-23(29)17-6-2-1-3-7-17/h1-11,16,26H,12-15H2,(H,27,29)/b21-16-. The normalized spacial score (nSPS) is 14.4. The summed E-state index contributed by atoms with van der Waals surface area (Å²) in [5, 5.41) is 6.75. The molecule has 0 bridgehead atoms. The first kappa shape index (κ1) is 21.3. The second-order valence-corrected chi connectivity index (χ2v) is 8.62. The monoisotopic (exact) mass is 451 g/mol. The van der Waals surface area contributed by atoms with Gasteiger partial charge in [0.15, 0.2) is 0 Å². The maximum atomic E-state index is 13.2. The van der Waals surface area contributed by atoms with Gasteiger partial charge >= 0.3 is 0 Å². The topological polar surface area (TPSA) is 61.4 Å². The van der Waals surface area contributed by atoms with Gasteiger partial charge in [0.2, 0.25) is 0 Å². The Labute approximate surface area is 190 Å². The van der Waals surface area contributed by atoms with Crippen molar-refractivity contribution in [1.29, 1.82) is 0 Å². The zero-order chi connectivity index (χ0) is 21.6. The molecule has 0 unspecified atom stereocenters. The fourth-order valence-corrected chi connectivity index (χ4v) is 4.64. The molecule has 5 nitrogen and oxygen atoms in total. The molecule has 0 saturated carbocycles. The minimum atomic E-state index is -0.307. The fraction of sp³-hybridized carbons (Fsp3) is 0.167. The van der Waals surface area contributed by atoms with Gasteiger partial charge in [-0.3, -0.25) is 9.59 Å². The van der Waals surface area contributed by atoms with E-state index in [0.29, 0.717) is 23.7 Å². The molecule has 0 aliphatic carbocycles. The average molecular weight is 452 g/mol. The van der Waals surface area contributed by atoms with Crippen molar-refractivity contribution in [3.05, 3.63) is 87.9 Å². The molecule has 2 N–H and O–H groups in total. The molecule has 1 aliphatic rings. The van der Waals surface area contributed by atoms with E-state index in [0.717, 1.165) is 28.4 Å². The molecule has 0 atom stereocenters. The van der Waals surface area contributed by atoms with Crippen molar-refractivity contribution in [1.82, 2.24) is 15.5 Å². The molecule has 2 amide bonds. The van der Waals surface area contributed by atoms with Crippen LogP contribution >= 0.6 is 22.9 Å². The summed E-state index contributed by atoms with van der Waals surface area (Å²) in [7, 11) is 0. The molecule has 1 fully saturated rings. The lowest BCUT2D eigenvalue weighted by atomic mass is 10.2. The third-order valence-corrected chi connectivity index (χ3v) is 6.37. The van der Waals surface area contributed by atoms with E-state index in [-0.39, 0.29) is 17.5 Å². The summed E-state index contributed by atoms with van der Waals surface area (Å²) in [5.74, 6) is -0.489. The number of piperazine rings is 1. The molecule has 0 radical (unpaired) electrons. The largest absolute Gasteiger partial charge is 0.335 e. The van der Waals surface area contributed by atoms with Crippen LogP contribution in [-0.2, 0) is 4.79 Å². The molecule has 0 spiro atoms. The number of benzene rings is 2. The first-order chi connectivity index (χ1) is 15.1. The molecular formula is C24H22ClN3O2S. The zero-order valence-electron chi connectivity index (χ0n) is 16.8. The van der Waals surface area contributed by atoms with E-state index >= 15 is 0 Å². The smallest absolute Gasteiger partial charge is 0.270 e. The lowest BCUT2D eigenvalue weighted by molar-refractivity contribution is -0.127. The Kier molecular flexibility index (Phi) is 6.82. The predicted molar refractivity (Wildman–Crippen MR) is 126 cm³/mol. The number of thiophene rings is 1. The Bertz CT molecular complexity index is 1100. The summed E-state index contributed by atoms with van der Waals surface area (Å²) in [4.78, 5) is 29.6. The van der Waals surface area contributed by atoms with Gasteiger partial charge in [-0.25, -0.2) is 0 Å². The molecule has 1 saturated heterocycles. The highest BCUT2D eigenvalue weighted by molar-refractivity contribution is 7.16. The number of hydrogen-bond donors (Lipinski definition) is 2. The molecule has 4 rings (SSSR count). The second-order valence-electron chi connectivity index (χ2n) is 7.10. The minimum absolute atomic E-state index is 0.182. The van der Waals surface area contributed by atoms with Crippen molar-refractivity contribution in [3.63, 3.8) is 0 Å². The van der Waals surface area contributed by atoms with Crippen molar-refractivity contribution >= 4 is 40.8 Å². The lowest BCUT2D eigenvalue weighted by Gasteiger charge is -2.28. The summed E-state index contributed by atoms with van der Waals surface area (Å²) in [6.07, 6.45) is 1.75. The summed E-state index contributed by atoms with van der Waals surface area (Å²) in [6.45, 7) is 2.68. The first-order valence-corrected chi connectivity index (χ1v) is 11.2. The SMILES string of the molecule is O=C(N/C(=C\c1ccc(-c2ccccc2Cl)s1)C(=O)N1CCNCC1)c1ccccc1. The minimum Gasteiger partial charge on any atom is -0.335 e. The van der Waals surface area contributed by atoms with Gasteiger partial charge in [-0.2, -0.15) is 0 Å². The number of nitrogens with one attached hydrogen (secondary N) is 2. The van der Waals surface area contributed by atoms with E-state index < -0.39 is 0 Å². The second kappa shape index (κ2) is 9.92. The quantitative estimate of drug-likeness (QED) is 0.569. The van der Waals surface area contributed by atoms with E-state index in [1.807, 2.05) is 42.5 Å². The number of halogens is 1. The molecule has 2 heterocycles. The third kappa shape index (κ3) is 5.22. The van der Waals surface area contributed by atoms with Gasteiger partial charge in [0, 0.05) is 52.1 Å². The van der Waals surface area contributed by atoms with E-state index in [1.165, 1.54) is 11.3 Å². The highest BCUT2D eigenvalue weighted by Gasteiger charge is 2.22. The van der Waals surface area contributed by atoms with Gasteiger partial charge < -0.3 is 15.5 Å². The highest BCUT2D eigenvalue weighted by atomic mass is 35.5. The number of carbonyl (C=O) groups excluding carboxylic acids is 2. The highest BCUT2D eigenvalue weighted by Crippen LogP contribution is 2.34. The molecule has 1 aromatic heterocycles. The van der Waals surface area contributed by atoms with Crippen molar-refractivity contribution in [2.45, 2.75) is 0 Å². The van der Waals surface area contributed by atoms with Gasteiger partial charge in [0.1, 0.15) is 5.70 Å². The molecule has 1 aliphatic heterocycles. The number of amides is 2. The number of hydrogen-bond acceptors (Lipinski definition) is 4. The lowest BCUT2D eigenvalue weighted by Crippen LogP contribution is -2.48. The molecular weight excluding hydrogens is 430 g/mol. The Balaban J connectivity index is 1.63. The van der Waals surface area contributed by atoms with Crippen LogP contribution in [0.15, 0.2) is 72.4 Å². The van der Waals surface area contributed by atoms with Crippen LogP contribution in [-0.4, -0.2) is 42.9 Å². The number of rotatable bonds is 5. The van der Waals surface area contributed by atoms with Gasteiger partial charge in [-0.05, 0) is 36.4 Å². The third-order valence-electron chi connectivity index (χ3n) is 4.97. The average Bonchev–Trinajstić information content (AvgIpc) is 3.28. The van der Waals surface area contributed by atoms with Gasteiger partial charge in [-0.1, -0.05) is 48.0 Å². The van der Waals surface area contributed by atoms with E-state index in [1.54, 1.807) is 35.2 Å². The van der Waals surface area contributed by atoms with E-state index in [4.69, 9.17) is 11.6 Å². The summed E-state index contributed by atoms with van der Waals surface area (Å²) in [6, 6.07) is 20.5. The van der Waals surface area contributed by atoms with Gasteiger partial charge in [-0.15, -0.1) is 11.3 Å². The Hall–Kier alpha value is -2.93. The Morgan fingerprint density at radius 1 is 0.968 bits per heavy atom. The van der Waals surface area contributed by atoms with Crippen LogP contribution in [0, 0.1) is 0 Å². The maximum absolute atomic E-state index is 13.2. The van der Waals surface area contributed by atoms with Crippen molar-refractivity contribution in [2.24, 2.45) is 0 Å². The maximum Gasteiger partial charge on any atom is 0.270 e. The summed E-state index contributed by atoms with van der Waals surface area (Å²) >= 11 is 7.85. The van der Waals surface area contributed by atoms with Gasteiger partial charge in [0.25, 0.3) is 11.8 Å². The Morgan fingerprint density at radius 3 is 2.42 bits per heavy atom. The number of nitrogens with zero attached hydrogens (tertiary/aromatic N) is 1. The number of carbonyl (C=O) groups is 2. The van der Waals surface area contributed by atoms with Crippen LogP contribution in [0.2, 0.25) is 5.02 Å². The van der Waals surface area contributed by atoms with E-state index in [9.17, 15) is 9.59 Å². The van der Waals surface area contributed by atoms with Crippen molar-refractivity contribution in [2.75, 3.05) is 26.2 Å². The van der Waals surface area contributed by atoms with Crippen LogP contribution in [0.1, 0.15) is 15.2 Å². The van der Waals surface area contributed by atoms with Crippen LogP contribution in [0.3, 0.4) is 0 Å². The molecule has 31 heavy (non-hydrogen) atoms. The zero-order valence-corrected chi connectivity index (χ0v) is 18.4. The predicted octanol–water partition coefficient (Wildman–Crippen LogP) is 4.27.